The number of methoxy groups -OCH3 is 3. The van der Waals surface area contributed by atoms with Gasteiger partial charge in [0.1, 0.15) is 24.7 Å². The zero-order valence-electron chi connectivity index (χ0n) is 61.6. The van der Waals surface area contributed by atoms with Crippen molar-refractivity contribution in [3.05, 3.63) is 196 Å². The molecule has 13 rings (SSSR count). The van der Waals surface area contributed by atoms with E-state index in [0.29, 0.717) is 90.0 Å². The Morgan fingerprint density at radius 3 is 1.62 bits per heavy atom. The molecule has 6 aliphatic rings. The van der Waals surface area contributed by atoms with E-state index in [-0.39, 0.29) is 74.0 Å². The molecule has 27 nitrogen and oxygen atoms in total. The number of hydrogen-bond acceptors (Lipinski definition) is 22. The van der Waals surface area contributed by atoms with Crippen LogP contribution in [0.15, 0.2) is 162 Å². The molecule has 3 N–H and O–H groups in total. The first kappa shape index (κ1) is 75.7. The summed E-state index contributed by atoms with van der Waals surface area (Å²) < 4.78 is 69.6. The van der Waals surface area contributed by atoms with E-state index in [1.165, 1.54) is 19.2 Å². The molecule has 27 heteroatoms. The number of amides is 5. The van der Waals surface area contributed by atoms with E-state index < -0.39 is 66.7 Å². The van der Waals surface area contributed by atoms with E-state index in [1.807, 2.05) is 116 Å². The summed E-state index contributed by atoms with van der Waals surface area (Å²) in [7, 11) is 4.69. The SMILES string of the molecule is COc1ccc(C2=CN3C(=O)c4cc(OC)c(OCCCCCOc5cc6c(cc5OC)C(=O)N5C=C(c7ccc(CNC(=O)OCc8ccc(O[C@@H]9O[C@H](C)[C@@H](OC(C)=O)[C@H](OC(C)=O)[C@H]9OC(C)=O)c(NC(=O)CCNC(=O)OCC9c%10ccccc%10-c%10ccccc%109)c8)cc7)C[C@H]5C=N6)cc4N=C[C@@H]3C2)cc1. The summed E-state index contributed by atoms with van der Waals surface area (Å²) in [5.41, 5.74) is 11.0. The minimum Gasteiger partial charge on any atom is -0.497 e. The molecule has 110 heavy (non-hydrogen) atoms. The van der Waals surface area contributed by atoms with Crippen LogP contribution >= 0.6 is 0 Å². The molecule has 0 unspecified atom stereocenters. The van der Waals surface area contributed by atoms with Gasteiger partial charge in [-0.1, -0.05) is 91.0 Å². The van der Waals surface area contributed by atoms with Gasteiger partial charge in [-0.3, -0.25) is 38.8 Å². The summed E-state index contributed by atoms with van der Waals surface area (Å²) in [6, 6.07) is 41.9. The lowest BCUT2D eigenvalue weighted by atomic mass is 9.98. The number of carbonyl (C=O) groups is 8. The molecule has 1 fully saturated rings. The van der Waals surface area contributed by atoms with Crippen molar-refractivity contribution in [1.29, 1.82) is 0 Å². The maximum Gasteiger partial charge on any atom is 0.407 e. The number of nitrogens with one attached hydrogen (secondary N) is 3. The van der Waals surface area contributed by atoms with Crippen molar-refractivity contribution >= 4 is 88.5 Å². The highest BCUT2D eigenvalue weighted by Gasteiger charge is 2.52. The molecule has 5 aliphatic heterocycles. The van der Waals surface area contributed by atoms with Gasteiger partial charge in [-0.05, 0) is 118 Å². The highest BCUT2D eigenvalue weighted by molar-refractivity contribution is 6.07. The predicted molar refractivity (Wildman–Crippen MR) is 403 cm³/mol. The van der Waals surface area contributed by atoms with Crippen molar-refractivity contribution in [3.63, 3.8) is 0 Å². The molecule has 0 saturated carbocycles. The van der Waals surface area contributed by atoms with Gasteiger partial charge in [0.05, 0.1) is 80.9 Å². The summed E-state index contributed by atoms with van der Waals surface area (Å²) in [6.45, 7) is 5.46. The summed E-state index contributed by atoms with van der Waals surface area (Å²) in [4.78, 5) is 118. The fourth-order valence-corrected chi connectivity index (χ4v) is 14.1. The Morgan fingerprint density at radius 2 is 1.06 bits per heavy atom. The fourth-order valence-electron chi connectivity index (χ4n) is 14.1. The number of rotatable bonds is 28. The molecule has 0 aromatic heterocycles. The van der Waals surface area contributed by atoms with Gasteiger partial charge in [-0.25, -0.2) is 9.59 Å². The van der Waals surface area contributed by atoms with Crippen LogP contribution in [0.2, 0.25) is 0 Å². The zero-order valence-corrected chi connectivity index (χ0v) is 61.6. The van der Waals surface area contributed by atoms with Crippen LogP contribution in [0.1, 0.15) is 126 Å². The van der Waals surface area contributed by atoms with Crippen LogP contribution < -0.4 is 44.4 Å². The Kier molecular flexibility index (Phi) is 23.5. The summed E-state index contributed by atoms with van der Waals surface area (Å²) in [6.07, 6.45) is 2.30. The summed E-state index contributed by atoms with van der Waals surface area (Å²) in [5.74, 6) is -0.966. The number of carbonyl (C=O) groups excluding carboxylic acids is 8. The highest BCUT2D eigenvalue weighted by atomic mass is 16.7. The van der Waals surface area contributed by atoms with Gasteiger partial charge < -0.3 is 82.6 Å². The van der Waals surface area contributed by atoms with Crippen LogP contribution in [0.4, 0.5) is 26.7 Å². The number of ether oxygens (including phenoxy) is 12. The number of nitrogens with zero attached hydrogens (tertiary/aromatic N) is 4. The fraction of sp³-hybridized carbons (Fsp3) is 0.325. The normalized spacial score (nSPS) is 19.1. The number of benzene rings is 7. The second-order valence-electron chi connectivity index (χ2n) is 26.9. The molecule has 570 valence electrons. The van der Waals surface area contributed by atoms with Gasteiger partial charge in [0, 0.05) is 96.0 Å². The maximum absolute atomic E-state index is 14.3. The number of unbranched alkanes of at least 4 members (excludes halogenated alkanes) is 2. The first-order valence-electron chi connectivity index (χ1n) is 36.1. The Balaban J connectivity index is 0.586. The van der Waals surface area contributed by atoms with Crippen LogP contribution in [0.5, 0.6) is 34.5 Å². The lowest BCUT2D eigenvalue weighted by molar-refractivity contribution is -0.280. The van der Waals surface area contributed by atoms with Crippen LogP contribution in [0.25, 0.3) is 22.3 Å². The zero-order chi connectivity index (χ0) is 77.1. The van der Waals surface area contributed by atoms with Crippen molar-refractivity contribution in [2.45, 2.75) is 128 Å². The van der Waals surface area contributed by atoms with Crippen molar-refractivity contribution in [1.82, 2.24) is 20.4 Å². The average molecular weight is 1500 g/mol. The summed E-state index contributed by atoms with van der Waals surface area (Å²) >= 11 is 0. The van der Waals surface area contributed by atoms with Crippen LogP contribution in [-0.2, 0) is 60.8 Å². The second kappa shape index (κ2) is 34.2. The molecular weight excluding hydrogens is 1410 g/mol. The largest absolute Gasteiger partial charge is 0.497 e. The van der Waals surface area contributed by atoms with Gasteiger partial charge in [-0.2, -0.15) is 0 Å². The first-order chi connectivity index (χ1) is 53.3. The maximum atomic E-state index is 14.3. The Bertz CT molecular complexity index is 4760. The molecule has 5 heterocycles. The Morgan fingerprint density at radius 1 is 0.536 bits per heavy atom. The van der Waals surface area contributed by atoms with Crippen LogP contribution in [-0.4, -0.2) is 161 Å². The van der Waals surface area contributed by atoms with E-state index in [1.54, 1.807) is 67.5 Å². The van der Waals surface area contributed by atoms with Crippen molar-refractivity contribution in [2.24, 2.45) is 9.98 Å². The van der Waals surface area contributed by atoms with Gasteiger partial charge in [0.25, 0.3) is 11.8 Å². The topological polar surface area (TPSA) is 315 Å². The third kappa shape index (κ3) is 17.4. The van der Waals surface area contributed by atoms with Crippen molar-refractivity contribution in [3.8, 4) is 45.6 Å². The molecule has 0 bridgehead atoms. The third-order valence-electron chi connectivity index (χ3n) is 19.5. The van der Waals surface area contributed by atoms with Gasteiger partial charge in [0.2, 0.25) is 18.3 Å². The first-order valence-corrected chi connectivity index (χ1v) is 36.1. The number of aliphatic imine (C=N–C) groups is 2. The molecule has 0 spiro atoms. The molecule has 7 aromatic rings. The quantitative estimate of drug-likeness (QED) is 0.0233. The smallest absolute Gasteiger partial charge is 0.407 e. The molecular formula is C83H83N7O20. The third-order valence-corrected chi connectivity index (χ3v) is 19.5. The minimum absolute atomic E-state index is 0.0184. The van der Waals surface area contributed by atoms with Crippen molar-refractivity contribution in [2.75, 3.05) is 53.0 Å². The van der Waals surface area contributed by atoms with Gasteiger partial charge in [0.15, 0.2) is 35.2 Å². The number of hydrogen-bond donors (Lipinski definition) is 3. The van der Waals surface area contributed by atoms with E-state index >= 15 is 0 Å². The van der Waals surface area contributed by atoms with E-state index in [9.17, 15) is 38.4 Å². The number of anilines is 1. The van der Waals surface area contributed by atoms with Gasteiger partial charge >= 0.3 is 30.1 Å². The Labute approximate surface area is 634 Å². The predicted octanol–water partition coefficient (Wildman–Crippen LogP) is 12.5. The molecule has 7 atom stereocenters. The number of alkyl carbamates (subject to hydrolysis) is 2. The lowest BCUT2D eigenvalue weighted by Crippen LogP contribution is -2.62. The second-order valence-corrected chi connectivity index (χ2v) is 26.9. The van der Waals surface area contributed by atoms with E-state index in [2.05, 4.69) is 16.0 Å². The molecule has 5 amide bonds. The lowest BCUT2D eigenvalue weighted by Gasteiger charge is -2.43. The molecule has 1 aliphatic carbocycles. The van der Waals surface area contributed by atoms with Crippen LogP contribution in [0, 0.1) is 0 Å². The monoisotopic (exact) mass is 1500 g/mol. The summed E-state index contributed by atoms with van der Waals surface area (Å²) in [5, 5.41) is 8.20. The standard InChI is InChI=1S/C83H83N7O20/c1-47-76(107-48(2)91)77(108-49(3)92)78(109-50(4)93)81(106-47)110-70-28-21-52(33-69(70)88-75(94)29-30-84-82(97)105-46-66-62-17-11-9-15-60(62)61-16-10-12-18-63(61)66)45-104-83(98)87-40-51-19-22-53(23-20-51)55-34-57-41-85-67-38-73(71(100-6)36-64(67)79(95)89(57)43-55)102-31-13-8-14-32-103-74-39-68-65(37-72(74)101-7)80(96)90-44-56(35-58(90)42-86-68)54-24-26-59(99-5)27-25-54/h9-12,15-28,33,36-39,41-44,47,57-58,66,76-78,81H,8,13-14,29-32,34-35,40,45-46H2,1-7H3,(H,84,97)(H,87,98)(H,88,94)/t47-,57+,58+,76-,77+,78-,81+/m1/s1. The highest BCUT2D eigenvalue weighted by Crippen LogP contribution is 2.46. The average Bonchev–Trinajstić information content (AvgIpc) is 1.56. The number of esters is 3. The molecule has 0 radical (unpaired) electrons. The molecule has 1 saturated heterocycles. The number of fused-ring (bicyclic) bond motifs is 7. The molecule has 7 aromatic carbocycles. The van der Waals surface area contributed by atoms with E-state index in [4.69, 9.17) is 66.8 Å². The minimum atomic E-state index is -1.50. The van der Waals surface area contributed by atoms with Gasteiger partial charge in [-0.15, -0.1) is 0 Å². The van der Waals surface area contributed by atoms with Crippen molar-refractivity contribution < 1.29 is 95.2 Å². The Hall–Kier alpha value is -12.5. The van der Waals surface area contributed by atoms with Crippen LogP contribution in [0.3, 0.4) is 0 Å². The van der Waals surface area contributed by atoms with E-state index in [0.717, 1.165) is 83.0 Å².